The van der Waals surface area contributed by atoms with E-state index < -0.39 is 5.60 Å². The Hall–Kier alpha value is -2.74. The number of allylic oxidation sites excluding steroid dienone is 2. The number of benzene rings is 1. The van der Waals surface area contributed by atoms with Crippen LogP contribution in [-0.2, 0) is 15.1 Å². The molecule has 0 saturated carbocycles. The second-order valence-corrected chi connectivity index (χ2v) is 5.44. The molecule has 0 aromatic heterocycles. The molecule has 2 aliphatic heterocycles. The van der Waals surface area contributed by atoms with E-state index in [1.54, 1.807) is 0 Å². The number of rotatable bonds is 0. The van der Waals surface area contributed by atoms with Gasteiger partial charge in [0, 0.05) is 11.3 Å². The van der Waals surface area contributed by atoms with Crippen LogP contribution in [0.4, 0.5) is 5.69 Å². The van der Waals surface area contributed by atoms with Crippen molar-refractivity contribution < 1.29 is 9.53 Å². The Kier molecular flexibility index (Phi) is 2.23. The number of hydrogen-bond acceptors (Lipinski definition) is 4. The van der Waals surface area contributed by atoms with Gasteiger partial charge in [-0.3, -0.25) is 4.79 Å². The first-order chi connectivity index (χ1) is 10.2. The summed E-state index contributed by atoms with van der Waals surface area (Å²) in [4.78, 5) is 12.7. The van der Waals surface area contributed by atoms with E-state index in [0.717, 1.165) is 41.7 Å². The third-order valence-electron chi connectivity index (χ3n) is 4.44. The number of para-hydroxylation sites is 1. The molecule has 3 N–H and O–H groups in total. The fourth-order valence-electron chi connectivity index (χ4n) is 3.59. The average molecular weight is 279 g/mol. The minimum absolute atomic E-state index is 0.0463. The molecule has 1 amide bonds. The summed E-state index contributed by atoms with van der Waals surface area (Å²) in [5, 5.41) is 12.2. The average Bonchev–Trinajstić information content (AvgIpc) is 3.05. The Labute approximate surface area is 121 Å². The number of nitrogens with two attached hydrogens (primary N) is 1. The van der Waals surface area contributed by atoms with E-state index in [1.807, 2.05) is 24.3 Å². The third kappa shape index (κ3) is 1.32. The van der Waals surface area contributed by atoms with Gasteiger partial charge in [-0.2, -0.15) is 5.26 Å². The van der Waals surface area contributed by atoms with Crippen LogP contribution < -0.4 is 11.1 Å². The van der Waals surface area contributed by atoms with Crippen molar-refractivity contribution in [2.24, 2.45) is 5.73 Å². The lowest BCUT2D eigenvalue weighted by Crippen LogP contribution is -2.42. The predicted octanol–water partition coefficient (Wildman–Crippen LogP) is 2.04. The molecule has 0 saturated heterocycles. The first kappa shape index (κ1) is 12.0. The van der Waals surface area contributed by atoms with Crippen LogP contribution >= 0.6 is 0 Å². The molecule has 1 aromatic carbocycles. The van der Waals surface area contributed by atoms with Crippen LogP contribution in [0.1, 0.15) is 24.8 Å². The zero-order chi connectivity index (χ0) is 14.6. The van der Waals surface area contributed by atoms with Gasteiger partial charge < -0.3 is 15.8 Å². The van der Waals surface area contributed by atoms with E-state index in [9.17, 15) is 10.1 Å². The summed E-state index contributed by atoms with van der Waals surface area (Å²) in [5.74, 6) is -0.178. The summed E-state index contributed by atoms with van der Waals surface area (Å²) < 4.78 is 5.86. The highest BCUT2D eigenvalue weighted by atomic mass is 16.5. The monoisotopic (exact) mass is 279 g/mol. The van der Waals surface area contributed by atoms with Crippen LogP contribution in [0.3, 0.4) is 0 Å². The van der Waals surface area contributed by atoms with E-state index in [2.05, 4.69) is 11.4 Å². The summed E-state index contributed by atoms with van der Waals surface area (Å²) in [6.45, 7) is 0. The summed E-state index contributed by atoms with van der Waals surface area (Å²) in [7, 11) is 0. The lowest BCUT2D eigenvalue weighted by Gasteiger charge is -2.34. The summed E-state index contributed by atoms with van der Waals surface area (Å²) in [6, 6.07) is 9.57. The molecule has 0 bridgehead atoms. The molecular formula is C16H13N3O2. The third-order valence-corrected chi connectivity index (χ3v) is 4.44. The van der Waals surface area contributed by atoms with Crippen molar-refractivity contribution in [2.75, 3.05) is 5.32 Å². The van der Waals surface area contributed by atoms with Crippen LogP contribution in [0.5, 0.6) is 0 Å². The van der Waals surface area contributed by atoms with E-state index in [1.165, 1.54) is 0 Å². The second kappa shape index (κ2) is 3.89. The Morgan fingerprint density at radius 1 is 1.33 bits per heavy atom. The summed E-state index contributed by atoms with van der Waals surface area (Å²) >= 11 is 0. The SMILES string of the molecule is N#CC1=C(N)OC2(C(=O)Nc3ccccc32)C2=C1CCC2. The molecule has 2 heterocycles. The molecule has 0 radical (unpaired) electrons. The summed E-state index contributed by atoms with van der Waals surface area (Å²) in [6.07, 6.45) is 2.42. The molecule has 1 spiro atoms. The Bertz CT molecular complexity index is 785. The molecule has 5 nitrogen and oxygen atoms in total. The number of anilines is 1. The van der Waals surface area contributed by atoms with E-state index in [4.69, 9.17) is 10.5 Å². The number of carbonyl (C=O) groups excluding carboxylic acids is 1. The van der Waals surface area contributed by atoms with Crippen LogP contribution in [0.25, 0.3) is 0 Å². The van der Waals surface area contributed by atoms with Gasteiger partial charge in [-0.1, -0.05) is 18.2 Å². The molecule has 1 aromatic rings. The standard InChI is InChI=1S/C16H13N3O2/c17-8-10-9-4-3-6-11(9)16(21-14(10)18)12-5-1-2-7-13(12)19-15(16)20/h1-2,5,7H,3-4,6,18H2,(H,19,20). The van der Waals surface area contributed by atoms with Gasteiger partial charge >= 0.3 is 0 Å². The molecule has 21 heavy (non-hydrogen) atoms. The zero-order valence-electron chi connectivity index (χ0n) is 11.3. The van der Waals surface area contributed by atoms with Crippen molar-refractivity contribution in [1.29, 1.82) is 5.26 Å². The quantitative estimate of drug-likeness (QED) is 0.760. The Morgan fingerprint density at radius 3 is 2.95 bits per heavy atom. The van der Waals surface area contributed by atoms with Crippen LogP contribution in [-0.4, -0.2) is 5.91 Å². The number of nitrogens with one attached hydrogen (secondary N) is 1. The predicted molar refractivity (Wildman–Crippen MR) is 75.5 cm³/mol. The molecular weight excluding hydrogens is 266 g/mol. The molecule has 1 aliphatic carbocycles. The second-order valence-electron chi connectivity index (χ2n) is 5.44. The van der Waals surface area contributed by atoms with Crippen molar-refractivity contribution in [3.05, 3.63) is 52.4 Å². The number of nitriles is 1. The number of fused-ring (bicyclic) bond motifs is 3. The first-order valence-corrected chi connectivity index (χ1v) is 6.91. The van der Waals surface area contributed by atoms with Crippen molar-refractivity contribution in [1.82, 2.24) is 0 Å². The highest BCUT2D eigenvalue weighted by molar-refractivity contribution is 6.08. The van der Waals surface area contributed by atoms with Crippen molar-refractivity contribution >= 4 is 11.6 Å². The van der Waals surface area contributed by atoms with Crippen molar-refractivity contribution in [2.45, 2.75) is 24.9 Å². The number of ether oxygens (including phenoxy) is 1. The highest BCUT2D eigenvalue weighted by Crippen LogP contribution is 2.53. The minimum Gasteiger partial charge on any atom is -0.452 e. The van der Waals surface area contributed by atoms with Gasteiger partial charge in [-0.05, 0) is 36.5 Å². The van der Waals surface area contributed by atoms with E-state index >= 15 is 0 Å². The van der Waals surface area contributed by atoms with Gasteiger partial charge in [0.15, 0.2) is 0 Å². The lowest BCUT2D eigenvalue weighted by molar-refractivity contribution is -0.132. The number of hydrogen-bond donors (Lipinski definition) is 2. The Balaban J connectivity index is 2.01. The van der Waals surface area contributed by atoms with Crippen LogP contribution in [0.15, 0.2) is 46.9 Å². The topological polar surface area (TPSA) is 88.1 Å². The summed E-state index contributed by atoms with van der Waals surface area (Å²) in [5.41, 5.74) is 8.43. The Morgan fingerprint density at radius 2 is 2.14 bits per heavy atom. The van der Waals surface area contributed by atoms with Crippen molar-refractivity contribution in [3.8, 4) is 6.07 Å². The fourth-order valence-corrected chi connectivity index (χ4v) is 3.59. The number of carbonyl (C=O) groups is 1. The van der Waals surface area contributed by atoms with Gasteiger partial charge in [-0.25, -0.2) is 0 Å². The maximum atomic E-state index is 12.7. The molecule has 104 valence electrons. The largest absolute Gasteiger partial charge is 0.452 e. The molecule has 3 aliphatic rings. The van der Waals surface area contributed by atoms with Gasteiger partial charge in [-0.15, -0.1) is 0 Å². The maximum Gasteiger partial charge on any atom is 0.277 e. The lowest BCUT2D eigenvalue weighted by atomic mass is 9.81. The van der Waals surface area contributed by atoms with Gasteiger partial charge in [0.25, 0.3) is 5.91 Å². The highest BCUT2D eigenvalue weighted by Gasteiger charge is 2.56. The zero-order valence-corrected chi connectivity index (χ0v) is 11.3. The molecule has 5 heteroatoms. The van der Waals surface area contributed by atoms with Gasteiger partial charge in [0.05, 0.1) is 0 Å². The number of nitrogens with zero attached hydrogens (tertiary/aromatic N) is 1. The maximum absolute atomic E-state index is 12.7. The normalized spacial score (nSPS) is 26.3. The van der Waals surface area contributed by atoms with Gasteiger partial charge in [0.1, 0.15) is 11.6 Å². The minimum atomic E-state index is -1.19. The fraction of sp³-hybridized carbons (Fsp3) is 0.250. The number of amides is 1. The van der Waals surface area contributed by atoms with Gasteiger partial charge in [0.2, 0.25) is 11.5 Å². The van der Waals surface area contributed by atoms with E-state index in [-0.39, 0.29) is 11.8 Å². The van der Waals surface area contributed by atoms with Crippen LogP contribution in [0, 0.1) is 11.3 Å². The molecule has 0 fully saturated rings. The molecule has 1 unspecified atom stereocenters. The molecule has 1 atom stereocenters. The molecule has 4 rings (SSSR count). The van der Waals surface area contributed by atoms with Crippen LogP contribution in [0.2, 0.25) is 0 Å². The van der Waals surface area contributed by atoms with E-state index in [0.29, 0.717) is 5.57 Å². The van der Waals surface area contributed by atoms with Crippen molar-refractivity contribution in [3.63, 3.8) is 0 Å². The first-order valence-electron chi connectivity index (χ1n) is 6.91. The smallest absolute Gasteiger partial charge is 0.277 e.